The van der Waals surface area contributed by atoms with Crippen LogP contribution in [-0.2, 0) is 11.2 Å². The zero-order chi connectivity index (χ0) is 25.1. The van der Waals surface area contributed by atoms with Crippen molar-refractivity contribution in [1.82, 2.24) is 15.5 Å². The summed E-state index contributed by atoms with van der Waals surface area (Å²) in [5.41, 5.74) is 10.7. The third kappa shape index (κ3) is 4.88. The normalized spacial score (nSPS) is 15.4. The van der Waals surface area contributed by atoms with Crippen molar-refractivity contribution in [3.63, 3.8) is 0 Å². The number of nitrogens with zero attached hydrogens (tertiary/aromatic N) is 2. The smallest absolute Gasteiger partial charge is 0.255 e. The maximum absolute atomic E-state index is 13.5. The number of nitrogens with two attached hydrogens (primary N) is 1. The minimum absolute atomic E-state index is 0.201. The fourth-order valence-electron chi connectivity index (χ4n) is 4.38. The molecule has 1 aliphatic heterocycles. The molecule has 5 rings (SSSR count). The quantitative estimate of drug-likeness (QED) is 0.321. The molecule has 180 valence electrons. The lowest BCUT2D eigenvalue weighted by Gasteiger charge is -2.27. The second kappa shape index (κ2) is 9.87. The number of aromatic nitrogens is 2. The van der Waals surface area contributed by atoms with Crippen LogP contribution in [0.5, 0.6) is 0 Å². The van der Waals surface area contributed by atoms with E-state index in [1.54, 1.807) is 30.5 Å². The summed E-state index contributed by atoms with van der Waals surface area (Å²) in [6.45, 7) is 1.89. The Morgan fingerprint density at radius 3 is 2.56 bits per heavy atom. The number of aliphatic imine (C=N–C) groups is 1. The molecule has 5 N–H and O–H groups in total. The zero-order valence-corrected chi connectivity index (χ0v) is 19.8. The number of anilines is 1. The van der Waals surface area contributed by atoms with Gasteiger partial charge in [-0.2, -0.15) is 5.10 Å². The Hall–Kier alpha value is -4.72. The molecule has 3 aromatic carbocycles. The van der Waals surface area contributed by atoms with E-state index in [0.29, 0.717) is 29.1 Å². The summed E-state index contributed by atoms with van der Waals surface area (Å²) in [5.74, 6) is -0.0322. The van der Waals surface area contributed by atoms with E-state index in [1.165, 1.54) is 5.56 Å². The Labute approximate surface area is 208 Å². The molecule has 0 radical (unpaired) electrons. The topological polar surface area (TPSA) is 125 Å². The van der Waals surface area contributed by atoms with Crippen molar-refractivity contribution in [2.45, 2.75) is 25.8 Å². The highest BCUT2D eigenvalue weighted by molar-refractivity contribution is 6.09. The second-order valence-corrected chi connectivity index (χ2v) is 8.75. The Morgan fingerprint density at radius 1 is 1.03 bits per heavy atom. The summed E-state index contributed by atoms with van der Waals surface area (Å²) in [7, 11) is 0. The number of allylic oxidation sites excluding steroid dienone is 1. The van der Waals surface area contributed by atoms with Crippen LogP contribution in [-0.4, -0.2) is 33.9 Å². The van der Waals surface area contributed by atoms with Crippen molar-refractivity contribution in [3.05, 3.63) is 107 Å². The lowest BCUT2D eigenvalue weighted by Crippen LogP contribution is -2.37. The molecular formula is C28H26N6O2. The van der Waals surface area contributed by atoms with Crippen LogP contribution >= 0.6 is 0 Å². The first kappa shape index (κ1) is 23.0. The number of amidine groups is 1. The first-order chi connectivity index (χ1) is 17.5. The Bertz CT molecular complexity index is 1490. The van der Waals surface area contributed by atoms with E-state index < -0.39 is 5.91 Å². The molecule has 8 heteroatoms. The molecule has 0 aliphatic carbocycles. The molecule has 0 bridgehead atoms. The molecule has 0 spiro atoms. The van der Waals surface area contributed by atoms with Crippen molar-refractivity contribution in [1.29, 1.82) is 0 Å². The van der Waals surface area contributed by atoms with Crippen LogP contribution in [0.1, 0.15) is 34.8 Å². The molecule has 2 heterocycles. The molecule has 36 heavy (non-hydrogen) atoms. The molecule has 4 aromatic rings. The number of benzene rings is 3. The van der Waals surface area contributed by atoms with Gasteiger partial charge in [0.25, 0.3) is 5.91 Å². The highest BCUT2D eigenvalue weighted by Gasteiger charge is 2.28. The summed E-state index contributed by atoms with van der Waals surface area (Å²) in [4.78, 5) is 29.9. The Balaban J connectivity index is 1.43. The van der Waals surface area contributed by atoms with E-state index in [4.69, 9.17) is 10.7 Å². The van der Waals surface area contributed by atoms with Crippen LogP contribution < -0.4 is 16.4 Å². The van der Waals surface area contributed by atoms with E-state index in [0.717, 1.165) is 28.6 Å². The molecular weight excluding hydrogens is 452 g/mol. The van der Waals surface area contributed by atoms with Gasteiger partial charge in [0.1, 0.15) is 5.84 Å². The van der Waals surface area contributed by atoms with Crippen molar-refractivity contribution in [2.75, 3.05) is 5.32 Å². The predicted octanol–water partition coefficient (Wildman–Crippen LogP) is 3.93. The van der Waals surface area contributed by atoms with Gasteiger partial charge in [-0.05, 0) is 55.7 Å². The molecule has 1 atom stereocenters. The first-order valence-electron chi connectivity index (χ1n) is 11.7. The Kier molecular flexibility index (Phi) is 6.32. The summed E-state index contributed by atoms with van der Waals surface area (Å²) in [5, 5.41) is 14.2. The van der Waals surface area contributed by atoms with Gasteiger partial charge in [-0.25, -0.2) is 0 Å². The minimum atomic E-state index is -0.482. The molecule has 1 aliphatic rings. The molecule has 2 amide bonds. The van der Waals surface area contributed by atoms with E-state index >= 15 is 0 Å². The summed E-state index contributed by atoms with van der Waals surface area (Å²) >= 11 is 0. The van der Waals surface area contributed by atoms with Crippen LogP contribution in [0, 0.1) is 0 Å². The van der Waals surface area contributed by atoms with Crippen molar-refractivity contribution < 1.29 is 9.59 Å². The van der Waals surface area contributed by atoms with E-state index in [1.807, 2.05) is 43.3 Å². The molecule has 0 saturated carbocycles. The van der Waals surface area contributed by atoms with Crippen LogP contribution in [0.25, 0.3) is 10.9 Å². The van der Waals surface area contributed by atoms with E-state index in [9.17, 15) is 9.59 Å². The third-order valence-corrected chi connectivity index (χ3v) is 6.26. The van der Waals surface area contributed by atoms with Crippen molar-refractivity contribution >= 4 is 34.2 Å². The number of aromatic amines is 1. The average Bonchev–Trinajstić information content (AvgIpc) is 3.35. The second-order valence-electron chi connectivity index (χ2n) is 8.75. The van der Waals surface area contributed by atoms with Gasteiger partial charge < -0.3 is 16.4 Å². The maximum atomic E-state index is 13.5. The first-order valence-corrected chi connectivity index (χ1v) is 11.7. The third-order valence-electron chi connectivity index (χ3n) is 6.26. The van der Waals surface area contributed by atoms with Gasteiger partial charge in [0, 0.05) is 27.9 Å². The number of rotatable bonds is 7. The predicted molar refractivity (Wildman–Crippen MR) is 141 cm³/mol. The molecule has 0 saturated heterocycles. The number of hydrogen-bond acceptors (Lipinski definition) is 5. The number of H-pyrrole nitrogens is 1. The van der Waals surface area contributed by atoms with Crippen LogP contribution in [0.4, 0.5) is 5.69 Å². The fraction of sp³-hybridized carbons (Fsp3) is 0.143. The number of aryl methyl sites for hydroxylation is 1. The van der Waals surface area contributed by atoms with Gasteiger partial charge in [-0.3, -0.25) is 19.7 Å². The molecule has 8 nitrogen and oxygen atoms in total. The number of amides is 2. The summed E-state index contributed by atoms with van der Waals surface area (Å²) in [6, 6.07) is 22.4. The van der Waals surface area contributed by atoms with Crippen molar-refractivity contribution in [2.24, 2.45) is 10.7 Å². The lowest BCUT2D eigenvalue weighted by molar-refractivity contribution is -0.113. The number of primary amides is 1. The number of carbonyl (C=O) groups excluding carboxylic acids is 2. The fourth-order valence-corrected chi connectivity index (χ4v) is 4.38. The zero-order valence-electron chi connectivity index (χ0n) is 19.8. The summed E-state index contributed by atoms with van der Waals surface area (Å²) < 4.78 is 0. The highest BCUT2D eigenvalue weighted by Crippen LogP contribution is 2.25. The van der Waals surface area contributed by atoms with Gasteiger partial charge in [0.2, 0.25) is 5.91 Å². The summed E-state index contributed by atoms with van der Waals surface area (Å²) in [6.07, 6.45) is 3.16. The van der Waals surface area contributed by atoms with E-state index in [-0.39, 0.29) is 11.9 Å². The number of nitrogens with one attached hydrogen (secondary N) is 3. The number of hydrogen-bond donors (Lipinski definition) is 4. The maximum Gasteiger partial charge on any atom is 0.255 e. The van der Waals surface area contributed by atoms with Crippen LogP contribution in [0.3, 0.4) is 0 Å². The Morgan fingerprint density at radius 2 is 1.81 bits per heavy atom. The largest absolute Gasteiger partial charge is 0.366 e. The van der Waals surface area contributed by atoms with Crippen LogP contribution in [0.15, 0.2) is 95.3 Å². The molecule has 0 fully saturated rings. The monoisotopic (exact) mass is 478 g/mol. The van der Waals surface area contributed by atoms with Gasteiger partial charge in [0.05, 0.1) is 23.3 Å². The van der Waals surface area contributed by atoms with Gasteiger partial charge in [-0.15, -0.1) is 0 Å². The van der Waals surface area contributed by atoms with E-state index in [2.05, 4.69) is 33.0 Å². The number of carbonyl (C=O) groups is 2. The lowest BCUT2D eigenvalue weighted by atomic mass is 9.95. The molecule has 1 aromatic heterocycles. The average molecular weight is 479 g/mol. The highest BCUT2D eigenvalue weighted by atomic mass is 16.2. The number of fused-ring (bicyclic) bond motifs is 1. The minimum Gasteiger partial charge on any atom is -0.366 e. The standard InChI is InChI=1S/C28H26N6O2/c1-17-25(28(36)32-22-12-14-23-21(15-22)16-30-34-23)24(13-7-18-5-3-2-4-6-18)33-27(31-17)20-10-8-19(9-11-20)26(29)35/h2-6,8-12,14-16,24H,7,13H2,1H3,(H2,29,35)(H,30,34)(H,31,33)(H,32,36). The SMILES string of the molecule is CC1=C(C(=O)Nc2ccc3[nH]ncc3c2)C(CCc2ccccc2)N=C(c2ccc(C(N)=O)cc2)N1. The van der Waals surface area contributed by atoms with Crippen LogP contribution in [0.2, 0.25) is 0 Å². The molecule has 1 unspecified atom stereocenters. The van der Waals surface area contributed by atoms with Gasteiger partial charge >= 0.3 is 0 Å². The van der Waals surface area contributed by atoms with Crippen molar-refractivity contribution in [3.8, 4) is 0 Å². The van der Waals surface area contributed by atoms with Gasteiger partial charge in [-0.1, -0.05) is 42.5 Å². The van der Waals surface area contributed by atoms with Gasteiger partial charge in [0.15, 0.2) is 0 Å².